The first-order valence-corrected chi connectivity index (χ1v) is 7.07. The van der Waals surface area contributed by atoms with Crippen LogP contribution in [0.3, 0.4) is 0 Å². The first-order chi connectivity index (χ1) is 9.31. The molecule has 0 saturated carbocycles. The minimum absolute atomic E-state index is 0.597. The van der Waals surface area contributed by atoms with E-state index < -0.39 is 0 Å². The van der Waals surface area contributed by atoms with E-state index in [4.69, 9.17) is 0 Å². The summed E-state index contributed by atoms with van der Waals surface area (Å²) in [6, 6.07) is 10.7. The molecule has 3 heteroatoms. The second-order valence-corrected chi connectivity index (χ2v) is 4.91. The highest BCUT2D eigenvalue weighted by Crippen LogP contribution is 2.17. The van der Waals surface area contributed by atoms with Gasteiger partial charge in [-0.25, -0.2) is 4.98 Å². The molecule has 1 atom stereocenters. The first-order valence-electron chi connectivity index (χ1n) is 7.07. The molecule has 1 unspecified atom stereocenters. The highest BCUT2D eigenvalue weighted by molar-refractivity contribution is 5.18. The summed E-state index contributed by atoms with van der Waals surface area (Å²) in [4.78, 5) is 4.36. The molecule has 0 saturated heterocycles. The summed E-state index contributed by atoms with van der Waals surface area (Å²) < 4.78 is 2.17. The number of benzene rings is 1. The molecular weight excluding hydrogens is 234 g/mol. The quantitative estimate of drug-likeness (QED) is 0.772. The van der Waals surface area contributed by atoms with Gasteiger partial charge in [0.05, 0.1) is 6.54 Å². The van der Waals surface area contributed by atoms with Crippen molar-refractivity contribution >= 4 is 0 Å². The summed E-state index contributed by atoms with van der Waals surface area (Å²) in [6.45, 7) is 7.28. The van der Waals surface area contributed by atoms with Crippen molar-refractivity contribution in [2.45, 2.75) is 39.3 Å². The Labute approximate surface area is 115 Å². The van der Waals surface area contributed by atoms with E-state index in [1.54, 1.807) is 0 Å². The van der Waals surface area contributed by atoms with Gasteiger partial charge < -0.3 is 9.88 Å². The molecule has 1 heterocycles. The second-order valence-electron chi connectivity index (χ2n) is 4.91. The molecule has 2 rings (SSSR count). The summed E-state index contributed by atoms with van der Waals surface area (Å²) in [5, 5.41) is 3.48. The molecular formula is C16H23N3. The highest BCUT2D eigenvalue weighted by atomic mass is 15.1. The number of rotatable bonds is 7. The molecule has 0 amide bonds. The summed E-state index contributed by atoms with van der Waals surface area (Å²) >= 11 is 0. The molecule has 102 valence electrons. The average molecular weight is 257 g/mol. The molecule has 0 radical (unpaired) electrons. The van der Waals surface area contributed by atoms with Crippen LogP contribution in [0.5, 0.6) is 0 Å². The molecule has 1 N–H and O–H groups in total. The van der Waals surface area contributed by atoms with Crippen LogP contribution in [0.2, 0.25) is 0 Å². The summed E-state index contributed by atoms with van der Waals surface area (Å²) in [5.74, 6) is 1.72. The van der Waals surface area contributed by atoms with Crippen molar-refractivity contribution in [3.8, 4) is 0 Å². The number of aromatic nitrogens is 2. The van der Waals surface area contributed by atoms with Crippen molar-refractivity contribution in [3.05, 3.63) is 54.1 Å². The largest absolute Gasteiger partial charge is 0.334 e. The second kappa shape index (κ2) is 7.10. The highest BCUT2D eigenvalue weighted by Gasteiger charge is 2.05. The number of hydrogen-bond acceptors (Lipinski definition) is 2. The van der Waals surface area contributed by atoms with E-state index in [0.29, 0.717) is 5.92 Å². The number of hydrogen-bond donors (Lipinski definition) is 1. The average Bonchev–Trinajstić information content (AvgIpc) is 2.91. The lowest BCUT2D eigenvalue weighted by Crippen LogP contribution is -2.19. The maximum atomic E-state index is 4.36. The minimum Gasteiger partial charge on any atom is -0.334 e. The van der Waals surface area contributed by atoms with Gasteiger partial charge in [-0.3, -0.25) is 0 Å². The fraction of sp³-hybridized carbons (Fsp3) is 0.438. The van der Waals surface area contributed by atoms with Crippen LogP contribution < -0.4 is 5.32 Å². The van der Waals surface area contributed by atoms with E-state index in [2.05, 4.69) is 59.0 Å². The molecule has 1 aromatic carbocycles. The lowest BCUT2D eigenvalue weighted by Gasteiger charge is -2.12. The fourth-order valence-corrected chi connectivity index (χ4v) is 2.26. The molecule has 0 bridgehead atoms. The SMILES string of the molecule is CCn1ccnc1CNCCC(C)c1ccccc1. The van der Waals surface area contributed by atoms with E-state index in [-0.39, 0.29) is 0 Å². The van der Waals surface area contributed by atoms with Crippen LogP contribution in [0.25, 0.3) is 0 Å². The van der Waals surface area contributed by atoms with Crippen LogP contribution in [0.1, 0.15) is 37.6 Å². The lowest BCUT2D eigenvalue weighted by molar-refractivity contribution is 0.566. The Kier molecular flexibility index (Phi) is 5.16. The minimum atomic E-state index is 0.597. The van der Waals surface area contributed by atoms with E-state index >= 15 is 0 Å². The first kappa shape index (κ1) is 13.8. The van der Waals surface area contributed by atoms with Gasteiger partial charge in [-0.2, -0.15) is 0 Å². The third-order valence-corrected chi connectivity index (χ3v) is 3.55. The van der Waals surface area contributed by atoms with Gasteiger partial charge in [-0.15, -0.1) is 0 Å². The van der Waals surface area contributed by atoms with Crippen molar-refractivity contribution in [2.75, 3.05) is 6.54 Å². The van der Waals surface area contributed by atoms with Gasteiger partial charge in [0.15, 0.2) is 0 Å². The lowest BCUT2D eigenvalue weighted by atomic mass is 9.98. The predicted molar refractivity (Wildman–Crippen MR) is 79.1 cm³/mol. The zero-order valence-corrected chi connectivity index (χ0v) is 11.8. The van der Waals surface area contributed by atoms with Gasteiger partial charge in [0.1, 0.15) is 5.82 Å². The standard InChI is InChI=1S/C16H23N3/c1-3-19-12-11-18-16(19)13-17-10-9-14(2)15-7-5-4-6-8-15/h4-8,11-12,14,17H,3,9-10,13H2,1-2H3. The predicted octanol–water partition coefficient (Wildman–Crippen LogP) is 3.19. The topological polar surface area (TPSA) is 29.9 Å². The normalized spacial score (nSPS) is 12.5. The molecule has 19 heavy (non-hydrogen) atoms. The molecule has 0 aliphatic rings. The molecule has 0 aliphatic carbocycles. The van der Waals surface area contributed by atoms with E-state index in [1.807, 2.05) is 12.4 Å². The van der Waals surface area contributed by atoms with Crippen molar-refractivity contribution in [1.29, 1.82) is 0 Å². The Morgan fingerprint density at radius 2 is 2.05 bits per heavy atom. The van der Waals surface area contributed by atoms with Crippen LogP contribution in [0.4, 0.5) is 0 Å². The van der Waals surface area contributed by atoms with Gasteiger partial charge in [-0.05, 0) is 31.4 Å². The number of imidazole rings is 1. The van der Waals surface area contributed by atoms with Crippen LogP contribution in [-0.2, 0) is 13.1 Å². The Morgan fingerprint density at radius 1 is 1.26 bits per heavy atom. The summed E-state index contributed by atoms with van der Waals surface area (Å²) in [7, 11) is 0. The Hall–Kier alpha value is -1.61. The van der Waals surface area contributed by atoms with E-state index in [9.17, 15) is 0 Å². The summed E-state index contributed by atoms with van der Waals surface area (Å²) in [6.07, 6.45) is 5.05. The van der Waals surface area contributed by atoms with Crippen LogP contribution in [-0.4, -0.2) is 16.1 Å². The number of nitrogens with one attached hydrogen (secondary N) is 1. The summed E-state index contributed by atoms with van der Waals surface area (Å²) in [5.41, 5.74) is 1.42. The Balaban J connectivity index is 1.72. The maximum absolute atomic E-state index is 4.36. The smallest absolute Gasteiger partial charge is 0.122 e. The molecule has 0 fully saturated rings. The third kappa shape index (κ3) is 3.93. The van der Waals surface area contributed by atoms with Crippen LogP contribution >= 0.6 is 0 Å². The fourth-order valence-electron chi connectivity index (χ4n) is 2.26. The van der Waals surface area contributed by atoms with Crippen molar-refractivity contribution in [1.82, 2.24) is 14.9 Å². The van der Waals surface area contributed by atoms with Gasteiger partial charge in [0.25, 0.3) is 0 Å². The van der Waals surface area contributed by atoms with E-state index in [1.165, 1.54) is 5.56 Å². The Bertz CT molecular complexity index is 476. The van der Waals surface area contributed by atoms with Crippen LogP contribution in [0.15, 0.2) is 42.7 Å². The zero-order valence-electron chi connectivity index (χ0n) is 11.8. The number of aryl methyl sites for hydroxylation is 1. The van der Waals surface area contributed by atoms with Gasteiger partial charge in [-0.1, -0.05) is 37.3 Å². The maximum Gasteiger partial charge on any atom is 0.122 e. The van der Waals surface area contributed by atoms with Crippen LogP contribution in [0, 0.1) is 0 Å². The van der Waals surface area contributed by atoms with Crippen molar-refractivity contribution in [2.24, 2.45) is 0 Å². The monoisotopic (exact) mass is 257 g/mol. The van der Waals surface area contributed by atoms with E-state index in [0.717, 1.165) is 31.9 Å². The van der Waals surface area contributed by atoms with Crippen molar-refractivity contribution in [3.63, 3.8) is 0 Å². The van der Waals surface area contributed by atoms with Gasteiger partial charge >= 0.3 is 0 Å². The van der Waals surface area contributed by atoms with Gasteiger partial charge in [0.2, 0.25) is 0 Å². The Morgan fingerprint density at radius 3 is 2.79 bits per heavy atom. The van der Waals surface area contributed by atoms with Crippen molar-refractivity contribution < 1.29 is 0 Å². The molecule has 3 nitrogen and oxygen atoms in total. The number of nitrogens with zero attached hydrogens (tertiary/aromatic N) is 2. The zero-order chi connectivity index (χ0) is 13.5. The third-order valence-electron chi connectivity index (χ3n) is 3.55. The van der Waals surface area contributed by atoms with Gasteiger partial charge in [0, 0.05) is 18.9 Å². The molecule has 0 spiro atoms. The molecule has 2 aromatic rings. The molecule has 1 aromatic heterocycles. The molecule has 0 aliphatic heterocycles.